The van der Waals surface area contributed by atoms with Gasteiger partial charge in [-0.05, 0) is 22.9 Å². The van der Waals surface area contributed by atoms with E-state index in [1.807, 2.05) is 42.5 Å². The number of rotatable bonds is 4. The number of hydrazone groups is 1. The number of fused-ring (bicyclic) bond motifs is 2. The summed E-state index contributed by atoms with van der Waals surface area (Å²) in [7, 11) is 1.65. The molecule has 7 nitrogen and oxygen atoms in total. The molecule has 2 aromatic carbocycles. The van der Waals surface area contributed by atoms with Gasteiger partial charge < -0.3 is 4.74 Å². The summed E-state index contributed by atoms with van der Waals surface area (Å²) in [5.74, 6) is 1.39. The van der Waals surface area contributed by atoms with Crippen molar-refractivity contribution < 1.29 is 9.25 Å². The van der Waals surface area contributed by atoms with Gasteiger partial charge in [-0.25, -0.2) is 0 Å². The molecule has 0 atom stereocenters. The number of aromatic nitrogens is 4. The fourth-order valence-electron chi connectivity index (χ4n) is 2.57. The Balaban J connectivity index is 1.66. The zero-order valence-corrected chi connectivity index (χ0v) is 13.0. The minimum Gasteiger partial charge on any atom is -0.496 e. The standard InChI is InChI=1S/C17H14N6O/c1-24-15-7-6-12-4-2-3-5-13(12)14(15)10-18-20-16-8-9-17-21-19-11-23(17)22-16/h2-11H,1H3,(H,20,22)/p+1. The third-order valence-electron chi connectivity index (χ3n) is 3.72. The van der Waals surface area contributed by atoms with Crippen LogP contribution in [0.2, 0.25) is 0 Å². The van der Waals surface area contributed by atoms with Gasteiger partial charge in [0, 0.05) is 16.7 Å². The Morgan fingerprint density at radius 1 is 1.17 bits per heavy atom. The molecular formula is C17H15N6O+. The van der Waals surface area contributed by atoms with Gasteiger partial charge in [-0.1, -0.05) is 35.4 Å². The number of benzene rings is 2. The van der Waals surface area contributed by atoms with Gasteiger partial charge in [0.1, 0.15) is 5.75 Å². The van der Waals surface area contributed by atoms with Crippen LogP contribution < -0.4 is 14.7 Å². The third kappa shape index (κ3) is 2.52. The molecule has 2 N–H and O–H groups in total. The summed E-state index contributed by atoms with van der Waals surface area (Å²) < 4.78 is 7.09. The van der Waals surface area contributed by atoms with Gasteiger partial charge in [0.2, 0.25) is 6.33 Å². The number of anilines is 1. The first kappa shape index (κ1) is 14.1. The number of hydrogen-bond acceptors (Lipinski definition) is 5. The molecule has 0 fully saturated rings. The zero-order chi connectivity index (χ0) is 16.4. The molecular weight excluding hydrogens is 304 g/mol. The molecule has 0 radical (unpaired) electrons. The van der Waals surface area contributed by atoms with Gasteiger partial charge in [0.15, 0.2) is 5.82 Å². The smallest absolute Gasteiger partial charge is 0.325 e. The molecule has 4 rings (SSSR count). The maximum atomic E-state index is 5.45. The number of aromatic amines is 1. The molecule has 7 heteroatoms. The van der Waals surface area contributed by atoms with Gasteiger partial charge in [0.05, 0.1) is 13.3 Å². The van der Waals surface area contributed by atoms with E-state index in [0.717, 1.165) is 27.7 Å². The summed E-state index contributed by atoms with van der Waals surface area (Å²) >= 11 is 0. The highest BCUT2D eigenvalue weighted by molar-refractivity contribution is 6.02. The fraction of sp³-hybridized carbons (Fsp3) is 0.0588. The normalized spacial score (nSPS) is 11.4. The van der Waals surface area contributed by atoms with Crippen LogP contribution in [0, 0.1) is 0 Å². The number of hydrogen-bond donors (Lipinski definition) is 2. The lowest BCUT2D eigenvalue weighted by Gasteiger charge is -2.08. The van der Waals surface area contributed by atoms with Gasteiger partial charge in [-0.3, -0.25) is 5.43 Å². The second kappa shape index (κ2) is 5.96. The number of ether oxygens (including phenoxy) is 1. The molecule has 0 unspecified atom stereocenters. The van der Waals surface area contributed by atoms with E-state index in [2.05, 4.69) is 31.9 Å². The van der Waals surface area contributed by atoms with E-state index < -0.39 is 0 Å². The summed E-state index contributed by atoms with van der Waals surface area (Å²) in [4.78, 5) is 0. The minimum absolute atomic E-state index is 0.615. The van der Waals surface area contributed by atoms with Crippen LogP contribution >= 0.6 is 0 Å². The molecule has 2 aromatic heterocycles. The molecule has 0 saturated heterocycles. The Kier molecular flexibility index (Phi) is 3.51. The zero-order valence-electron chi connectivity index (χ0n) is 13.0. The van der Waals surface area contributed by atoms with Crippen LogP contribution in [0.4, 0.5) is 5.82 Å². The summed E-state index contributed by atoms with van der Waals surface area (Å²) in [5, 5.41) is 17.6. The second-order valence-corrected chi connectivity index (χ2v) is 5.16. The van der Waals surface area contributed by atoms with Gasteiger partial charge in [-0.15, -0.1) is 9.61 Å². The van der Waals surface area contributed by atoms with Gasteiger partial charge in [-0.2, -0.15) is 5.10 Å². The predicted octanol–water partition coefficient (Wildman–Crippen LogP) is 2.15. The molecule has 0 aliphatic rings. The van der Waals surface area contributed by atoms with Crippen molar-refractivity contribution >= 4 is 28.5 Å². The van der Waals surface area contributed by atoms with Crippen LogP contribution in [0.1, 0.15) is 5.56 Å². The lowest BCUT2D eigenvalue weighted by molar-refractivity contribution is -0.579. The lowest BCUT2D eigenvalue weighted by atomic mass is 10.0. The highest BCUT2D eigenvalue weighted by Gasteiger charge is 2.07. The van der Waals surface area contributed by atoms with Crippen molar-refractivity contribution in [1.82, 2.24) is 15.3 Å². The molecule has 118 valence electrons. The lowest BCUT2D eigenvalue weighted by Crippen LogP contribution is -2.24. The summed E-state index contributed by atoms with van der Waals surface area (Å²) in [6, 6.07) is 15.7. The SMILES string of the molecule is COc1ccc2ccccc2c1C=NNc1ccc2n[nH]c[n+]2n1. The average molecular weight is 319 g/mol. The summed E-state index contributed by atoms with van der Waals surface area (Å²) in [6.07, 6.45) is 3.41. The summed E-state index contributed by atoms with van der Waals surface area (Å²) in [6.45, 7) is 0. The maximum absolute atomic E-state index is 5.45. The van der Waals surface area contributed by atoms with Crippen LogP contribution in [0.3, 0.4) is 0 Å². The van der Waals surface area contributed by atoms with Crippen molar-refractivity contribution in [3.05, 3.63) is 60.4 Å². The van der Waals surface area contributed by atoms with E-state index in [4.69, 9.17) is 4.74 Å². The van der Waals surface area contributed by atoms with E-state index >= 15 is 0 Å². The van der Waals surface area contributed by atoms with E-state index in [1.54, 1.807) is 24.2 Å². The first-order valence-corrected chi connectivity index (χ1v) is 7.42. The van der Waals surface area contributed by atoms with Gasteiger partial charge >= 0.3 is 5.65 Å². The van der Waals surface area contributed by atoms with Crippen LogP contribution in [-0.4, -0.2) is 28.6 Å². The van der Waals surface area contributed by atoms with Crippen LogP contribution in [0.15, 0.2) is 60.0 Å². The van der Waals surface area contributed by atoms with Gasteiger partial charge in [0.25, 0.3) is 0 Å². The molecule has 0 aliphatic heterocycles. The van der Waals surface area contributed by atoms with E-state index in [9.17, 15) is 0 Å². The molecule has 0 amide bonds. The van der Waals surface area contributed by atoms with E-state index in [1.165, 1.54) is 0 Å². The predicted molar refractivity (Wildman–Crippen MR) is 91.3 cm³/mol. The van der Waals surface area contributed by atoms with E-state index in [-0.39, 0.29) is 0 Å². The molecule has 2 heterocycles. The number of methoxy groups -OCH3 is 1. The highest BCUT2D eigenvalue weighted by atomic mass is 16.5. The Morgan fingerprint density at radius 3 is 3.00 bits per heavy atom. The molecule has 0 saturated carbocycles. The first-order valence-electron chi connectivity index (χ1n) is 7.42. The van der Waals surface area contributed by atoms with Crippen molar-refractivity contribution in [2.75, 3.05) is 12.5 Å². The average Bonchev–Trinajstić information content (AvgIpc) is 3.09. The molecule has 0 aliphatic carbocycles. The third-order valence-corrected chi connectivity index (χ3v) is 3.72. The monoisotopic (exact) mass is 319 g/mol. The van der Waals surface area contributed by atoms with Crippen molar-refractivity contribution in [2.45, 2.75) is 0 Å². The Labute approximate surface area is 137 Å². The number of H-pyrrole nitrogens is 1. The Hall–Kier alpha value is -3.48. The van der Waals surface area contributed by atoms with E-state index in [0.29, 0.717) is 5.82 Å². The van der Waals surface area contributed by atoms with Crippen LogP contribution in [0.5, 0.6) is 5.75 Å². The fourth-order valence-corrected chi connectivity index (χ4v) is 2.57. The van der Waals surface area contributed by atoms with Crippen molar-refractivity contribution in [3.63, 3.8) is 0 Å². The largest absolute Gasteiger partial charge is 0.496 e. The van der Waals surface area contributed by atoms with Crippen LogP contribution in [-0.2, 0) is 0 Å². The highest BCUT2D eigenvalue weighted by Crippen LogP contribution is 2.26. The van der Waals surface area contributed by atoms with Crippen molar-refractivity contribution in [1.29, 1.82) is 0 Å². The second-order valence-electron chi connectivity index (χ2n) is 5.16. The summed E-state index contributed by atoms with van der Waals surface area (Å²) in [5.41, 5.74) is 4.58. The Morgan fingerprint density at radius 2 is 2.08 bits per heavy atom. The molecule has 4 aromatic rings. The first-order chi connectivity index (χ1) is 11.8. The number of nitrogens with one attached hydrogen (secondary N) is 2. The maximum Gasteiger partial charge on any atom is 0.325 e. The number of nitrogens with zero attached hydrogens (tertiary/aromatic N) is 4. The topological polar surface area (TPSA) is 79.3 Å². The molecule has 0 bridgehead atoms. The molecule has 0 spiro atoms. The van der Waals surface area contributed by atoms with Crippen molar-refractivity contribution in [2.24, 2.45) is 5.10 Å². The Bertz CT molecular complexity index is 1040. The van der Waals surface area contributed by atoms with Crippen molar-refractivity contribution in [3.8, 4) is 5.75 Å². The minimum atomic E-state index is 0.615. The molecule has 24 heavy (non-hydrogen) atoms. The van der Waals surface area contributed by atoms with Crippen LogP contribution in [0.25, 0.3) is 16.4 Å². The quantitative estimate of drug-likeness (QED) is 0.343.